The second-order valence-electron chi connectivity index (χ2n) is 8.79. The van der Waals surface area contributed by atoms with Crippen molar-refractivity contribution in [2.75, 3.05) is 18.5 Å². The predicted octanol–water partition coefficient (Wildman–Crippen LogP) is 4.46. The number of allylic oxidation sites excluding steroid dienone is 1. The molecule has 0 bridgehead atoms. The third kappa shape index (κ3) is 6.94. The van der Waals surface area contributed by atoms with E-state index in [0.29, 0.717) is 36.4 Å². The van der Waals surface area contributed by atoms with Gasteiger partial charge < -0.3 is 15.4 Å². The summed E-state index contributed by atoms with van der Waals surface area (Å²) >= 11 is 0. The average Bonchev–Trinajstić information content (AvgIpc) is 2.79. The molecule has 1 aliphatic carbocycles. The summed E-state index contributed by atoms with van der Waals surface area (Å²) in [5.41, 5.74) is 1.21. The normalized spacial score (nSPS) is 20.4. The molecule has 32 heavy (non-hydrogen) atoms. The van der Waals surface area contributed by atoms with Crippen LogP contribution in [0.4, 0.5) is 5.82 Å². The lowest BCUT2D eigenvalue weighted by molar-refractivity contribution is -0.123. The summed E-state index contributed by atoms with van der Waals surface area (Å²) < 4.78 is 5.54. The molecule has 6 nitrogen and oxygen atoms in total. The van der Waals surface area contributed by atoms with Crippen LogP contribution in [0.3, 0.4) is 0 Å². The van der Waals surface area contributed by atoms with E-state index >= 15 is 0 Å². The molecule has 1 aliphatic rings. The first-order chi connectivity index (χ1) is 15.4. The number of hydrogen-bond donors (Lipinski definition) is 2. The van der Waals surface area contributed by atoms with E-state index in [2.05, 4.69) is 42.5 Å². The van der Waals surface area contributed by atoms with Gasteiger partial charge in [0, 0.05) is 19.2 Å². The first-order valence-corrected chi connectivity index (χ1v) is 11.3. The molecule has 6 heteroatoms. The molecule has 2 amide bonds. The van der Waals surface area contributed by atoms with Gasteiger partial charge >= 0.3 is 0 Å². The number of para-hydroxylation sites is 1. The number of hydrogen-bond acceptors (Lipinski definition) is 4. The van der Waals surface area contributed by atoms with Gasteiger partial charge in [-0.3, -0.25) is 9.59 Å². The second kappa shape index (κ2) is 11.5. The van der Waals surface area contributed by atoms with Crippen molar-refractivity contribution >= 4 is 17.6 Å². The predicted molar refractivity (Wildman–Crippen MR) is 126 cm³/mol. The van der Waals surface area contributed by atoms with Crippen molar-refractivity contribution < 1.29 is 14.3 Å². The zero-order valence-electron chi connectivity index (χ0n) is 19.1. The number of amides is 2. The molecule has 0 saturated heterocycles. The Kier molecular flexibility index (Phi) is 8.42. The van der Waals surface area contributed by atoms with Crippen LogP contribution in [-0.2, 0) is 9.59 Å². The lowest BCUT2D eigenvalue weighted by Gasteiger charge is -2.37. The summed E-state index contributed by atoms with van der Waals surface area (Å²) in [4.78, 5) is 29.0. The van der Waals surface area contributed by atoms with Crippen molar-refractivity contribution in [2.24, 2.45) is 23.7 Å². The van der Waals surface area contributed by atoms with E-state index in [-0.39, 0.29) is 30.3 Å². The molecule has 0 radical (unpaired) electrons. The third-order valence-corrected chi connectivity index (χ3v) is 6.10. The molecule has 0 aliphatic heterocycles. The summed E-state index contributed by atoms with van der Waals surface area (Å²) in [6.45, 7) is 7.07. The highest BCUT2D eigenvalue weighted by molar-refractivity contribution is 5.90. The van der Waals surface area contributed by atoms with E-state index in [9.17, 15) is 9.59 Å². The number of rotatable bonds is 9. The van der Waals surface area contributed by atoms with Gasteiger partial charge in [-0.25, -0.2) is 4.98 Å². The lowest BCUT2D eigenvalue weighted by atomic mass is 9.69. The van der Waals surface area contributed by atoms with Gasteiger partial charge in [-0.15, -0.1) is 0 Å². The Bertz CT molecular complexity index is 912. The largest absolute Gasteiger partial charge is 0.484 e. The minimum Gasteiger partial charge on any atom is -0.484 e. The number of ether oxygens (including phenoxy) is 1. The minimum absolute atomic E-state index is 0.00208. The summed E-state index contributed by atoms with van der Waals surface area (Å²) in [5, 5.41) is 5.90. The lowest BCUT2D eigenvalue weighted by Crippen LogP contribution is -2.38. The number of carbonyl (C=O) groups is 2. The van der Waals surface area contributed by atoms with Crippen molar-refractivity contribution in [3.05, 3.63) is 66.4 Å². The van der Waals surface area contributed by atoms with Crippen molar-refractivity contribution in [3.8, 4) is 5.75 Å². The molecule has 0 unspecified atom stereocenters. The zero-order valence-corrected chi connectivity index (χ0v) is 19.1. The van der Waals surface area contributed by atoms with Gasteiger partial charge in [0.2, 0.25) is 5.91 Å². The number of anilines is 1. The highest BCUT2D eigenvalue weighted by Crippen LogP contribution is 2.38. The first-order valence-electron chi connectivity index (χ1n) is 11.3. The zero-order chi connectivity index (χ0) is 22.9. The highest BCUT2D eigenvalue weighted by Gasteiger charge is 2.32. The Morgan fingerprint density at radius 3 is 2.53 bits per heavy atom. The molecular formula is C26H33N3O3. The maximum atomic E-state index is 12.5. The Balaban J connectivity index is 1.54. The van der Waals surface area contributed by atoms with Gasteiger partial charge in [0.25, 0.3) is 5.91 Å². The van der Waals surface area contributed by atoms with Gasteiger partial charge in [0.05, 0.1) is 0 Å². The molecule has 1 aromatic carbocycles. The van der Waals surface area contributed by atoms with Crippen LogP contribution in [0, 0.1) is 23.7 Å². The van der Waals surface area contributed by atoms with Crippen molar-refractivity contribution in [3.63, 3.8) is 0 Å². The van der Waals surface area contributed by atoms with E-state index in [1.165, 1.54) is 5.57 Å². The first kappa shape index (κ1) is 23.5. The van der Waals surface area contributed by atoms with Gasteiger partial charge in [0.1, 0.15) is 11.6 Å². The maximum Gasteiger partial charge on any atom is 0.257 e. The molecule has 1 heterocycles. The van der Waals surface area contributed by atoms with Gasteiger partial charge in [-0.1, -0.05) is 49.8 Å². The van der Waals surface area contributed by atoms with Crippen LogP contribution >= 0.6 is 0 Å². The van der Waals surface area contributed by atoms with E-state index in [1.54, 1.807) is 12.3 Å². The smallest absolute Gasteiger partial charge is 0.257 e. The fourth-order valence-corrected chi connectivity index (χ4v) is 4.31. The van der Waals surface area contributed by atoms with Gasteiger partial charge in [-0.05, 0) is 61.3 Å². The summed E-state index contributed by atoms with van der Waals surface area (Å²) in [7, 11) is 0. The number of aromatic nitrogens is 1. The molecule has 3 atom stereocenters. The fourth-order valence-electron chi connectivity index (χ4n) is 4.31. The molecule has 170 valence electrons. The molecule has 2 aromatic rings. The van der Waals surface area contributed by atoms with Crippen LogP contribution in [-0.4, -0.2) is 29.9 Å². The van der Waals surface area contributed by atoms with E-state index < -0.39 is 0 Å². The highest BCUT2D eigenvalue weighted by atomic mass is 16.5. The minimum atomic E-state index is -0.126. The Hall–Kier alpha value is -3.15. The topological polar surface area (TPSA) is 80.3 Å². The molecule has 0 fully saturated rings. The van der Waals surface area contributed by atoms with E-state index in [0.717, 1.165) is 6.42 Å². The number of nitrogens with one attached hydrogen (secondary N) is 2. The monoisotopic (exact) mass is 435 g/mol. The summed E-state index contributed by atoms with van der Waals surface area (Å²) in [5.74, 6) is 2.39. The van der Waals surface area contributed by atoms with Crippen molar-refractivity contribution in [1.29, 1.82) is 0 Å². The molecule has 1 aromatic heterocycles. The van der Waals surface area contributed by atoms with Crippen molar-refractivity contribution in [1.82, 2.24) is 10.3 Å². The Morgan fingerprint density at radius 1 is 1.09 bits per heavy atom. The summed E-state index contributed by atoms with van der Waals surface area (Å²) in [6.07, 6.45) is 5.27. The quantitative estimate of drug-likeness (QED) is 0.570. The molecule has 0 saturated carbocycles. The van der Waals surface area contributed by atoms with Crippen LogP contribution in [0.1, 0.15) is 33.6 Å². The molecule has 2 N–H and O–H groups in total. The number of carbonyl (C=O) groups excluding carboxylic acids is 2. The number of benzene rings is 1. The van der Waals surface area contributed by atoms with E-state index in [4.69, 9.17) is 4.74 Å². The Morgan fingerprint density at radius 2 is 1.84 bits per heavy atom. The third-order valence-electron chi connectivity index (χ3n) is 6.10. The average molecular weight is 436 g/mol. The van der Waals surface area contributed by atoms with Crippen LogP contribution < -0.4 is 15.4 Å². The molecular weight excluding hydrogens is 402 g/mol. The van der Waals surface area contributed by atoms with Crippen LogP contribution in [0.25, 0.3) is 0 Å². The molecule has 3 rings (SSSR count). The van der Waals surface area contributed by atoms with Crippen LogP contribution in [0.2, 0.25) is 0 Å². The second-order valence-corrected chi connectivity index (χ2v) is 8.79. The summed E-state index contributed by atoms with van der Waals surface area (Å²) in [6, 6.07) is 14.8. The Labute approximate surface area is 190 Å². The molecule has 0 spiro atoms. The van der Waals surface area contributed by atoms with Crippen LogP contribution in [0.15, 0.2) is 66.4 Å². The SMILES string of the molecule is CC1=C[C@@H](CNC(=O)COc2ccccc2)[C@H](C(C)C)C[C@H]1CC(=O)Nc1ccccn1. The maximum absolute atomic E-state index is 12.5. The van der Waals surface area contributed by atoms with Gasteiger partial charge in [0.15, 0.2) is 6.61 Å². The van der Waals surface area contributed by atoms with Crippen molar-refractivity contribution in [2.45, 2.75) is 33.6 Å². The standard InChI is InChI=1S/C26H33N3O3/c1-18(2)23-14-20(15-25(30)29-24-11-7-8-12-27-24)19(3)13-21(23)16-28-26(31)17-32-22-9-5-4-6-10-22/h4-13,18,20-21,23H,14-17H2,1-3H3,(H,28,31)(H,27,29,30)/t20-,21-,23-/m0/s1. The van der Waals surface area contributed by atoms with Gasteiger partial charge in [-0.2, -0.15) is 0 Å². The number of pyridine rings is 1. The van der Waals surface area contributed by atoms with E-state index in [1.807, 2.05) is 42.5 Å². The number of nitrogens with zero attached hydrogens (tertiary/aromatic N) is 1. The fraction of sp³-hybridized carbons (Fsp3) is 0.423. The van der Waals surface area contributed by atoms with Crippen LogP contribution in [0.5, 0.6) is 5.75 Å².